The Kier molecular flexibility index (Phi) is 4.72. The third-order valence-electron chi connectivity index (χ3n) is 4.11. The van der Waals surface area contributed by atoms with Gasteiger partial charge in [-0.05, 0) is 42.8 Å². The van der Waals surface area contributed by atoms with Gasteiger partial charge in [0.1, 0.15) is 5.82 Å². The van der Waals surface area contributed by atoms with E-state index in [4.69, 9.17) is 11.6 Å². The number of aryl methyl sites for hydroxylation is 1. The quantitative estimate of drug-likeness (QED) is 0.504. The predicted octanol–water partition coefficient (Wildman–Crippen LogP) is 4.71. The number of fused-ring (bicyclic) bond motifs is 3. The van der Waals surface area contributed by atoms with E-state index in [0.717, 1.165) is 28.2 Å². The summed E-state index contributed by atoms with van der Waals surface area (Å²) in [5.41, 5.74) is 3.21. The van der Waals surface area contributed by atoms with Crippen LogP contribution in [0.1, 0.15) is 5.56 Å². The Balaban J connectivity index is 1.57. The van der Waals surface area contributed by atoms with Crippen LogP contribution in [0.25, 0.3) is 16.6 Å². The number of rotatable bonds is 4. The zero-order valence-corrected chi connectivity index (χ0v) is 15.8. The Morgan fingerprint density at radius 2 is 2.04 bits per heavy atom. The standard InChI is InChI=1S/C19H14ClFN4OS/c1-11-8-17-23-24-19(25(17)16-5-3-2-4-13(11)16)27-10-18(26)22-15-7-6-12(21)9-14(15)20/h2-9H,10H2,1H3,(H,22,26). The largest absolute Gasteiger partial charge is 0.324 e. The van der Waals surface area contributed by atoms with Gasteiger partial charge in [-0.25, -0.2) is 4.39 Å². The number of amides is 1. The Labute approximate surface area is 163 Å². The van der Waals surface area contributed by atoms with Crippen LogP contribution in [0.2, 0.25) is 5.02 Å². The number of hydrogen-bond donors (Lipinski definition) is 1. The first-order chi connectivity index (χ1) is 13.0. The lowest BCUT2D eigenvalue weighted by Crippen LogP contribution is -2.14. The van der Waals surface area contributed by atoms with Gasteiger partial charge in [-0.1, -0.05) is 41.6 Å². The molecular weight excluding hydrogens is 387 g/mol. The van der Waals surface area contributed by atoms with Crippen molar-refractivity contribution in [2.75, 3.05) is 11.1 Å². The van der Waals surface area contributed by atoms with Crippen LogP contribution in [0.5, 0.6) is 0 Å². The third kappa shape index (κ3) is 3.48. The predicted molar refractivity (Wildman–Crippen MR) is 106 cm³/mol. The molecule has 2 heterocycles. The number of hydrogen-bond acceptors (Lipinski definition) is 4. The highest BCUT2D eigenvalue weighted by atomic mass is 35.5. The summed E-state index contributed by atoms with van der Waals surface area (Å²) in [6.45, 7) is 2.03. The van der Waals surface area contributed by atoms with Crippen molar-refractivity contribution >= 4 is 51.5 Å². The van der Waals surface area contributed by atoms with Gasteiger partial charge in [0.2, 0.25) is 5.91 Å². The van der Waals surface area contributed by atoms with Gasteiger partial charge in [-0.15, -0.1) is 10.2 Å². The zero-order valence-electron chi connectivity index (χ0n) is 14.2. The molecule has 27 heavy (non-hydrogen) atoms. The third-order valence-corrected chi connectivity index (χ3v) is 5.35. The van der Waals surface area contributed by atoms with Crippen molar-refractivity contribution in [1.82, 2.24) is 14.6 Å². The summed E-state index contributed by atoms with van der Waals surface area (Å²) in [6, 6.07) is 13.8. The summed E-state index contributed by atoms with van der Waals surface area (Å²) < 4.78 is 15.0. The van der Waals surface area contributed by atoms with Gasteiger partial charge in [0.05, 0.1) is 22.0 Å². The lowest BCUT2D eigenvalue weighted by Gasteiger charge is -2.08. The first-order valence-electron chi connectivity index (χ1n) is 8.14. The summed E-state index contributed by atoms with van der Waals surface area (Å²) in [5, 5.41) is 13.0. The Morgan fingerprint density at radius 1 is 1.22 bits per heavy atom. The molecule has 0 unspecified atom stereocenters. The fourth-order valence-electron chi connectivity index (χ4n) is 2.88. The first-order valence-corrected chi connectivity index (χ1v) is 9.50. The SMILES string of the molecule is Cc1cc2nnc(SCC(=O)Nc3ccc(F)cc3Cl)n2c2ccccc12. The number of thioether (sulfide) groups is 1. The fourth-order valence-corrected chi connectivity index (χ4v) is 3.84. The maximum absolute atomic E-state index is 13.1. The van der Waals surface area contributed by atoms with Gasteiger partial charge in [0, 0.05) is 5.39 Å². The van der Waals surface area contributed by atoms with Crippen LogP contribution < -0.4 is 5.32 Å². The number of benzene rings is 2. The molecule has 136 valence electrons. The molecule has 1 amide bonds. The molecule has 0 spiro atoms. The van der Waals surface area contributed by atoms with Crippen molar-refractivity contribution in [2.45, 2.75) is 12.1 Å². The summed E-state index contributed by atoms with van der Waals surface area (Å²) in [4.78, 5) is 12.3. The number of carbonyl (C=O) groups excluding carboxylic acids is 1. The average Bonchev–Trinajstić information content (AvgIpc) is 3.05. The molecule has 0 aliphatic carbocycles. The number of aromatic nitrogens is 3. The average molecular weight is 401 g/mol. The Morgan fingerprint density at radius 3 is 2.85 bits per heavy atom. The van der Waals surface area contributed by atoms with E-state index in [2.05, 4.69) is 15.5 Å². The number of nitrogens with zero attached hydrogens (tertiary/aromatic N) is 3. The number of anilines is 1. The summed E-state index contributed by atoms with van der Waals surface area (Å²) in [5.74, 6) is -0.595. The number of pyridine rings is 1. The van der Waals surface area contributed by atoms with Gasteiger partial charge in [-0.2, -0.15) is 0 Å². The van der Waals surface area contributed by atoms with Crippen LogP contribution in [-0.2, 0) is 4.79 Å². The number of nitrogens with one attached hydrogen (secondary N) is 1. The van der Waals surface area contributed by atoms with Gasteiger partial charge in [0.25, 0.3) is 0 Å². The molecule has 2 aromatic heterocycles. The summed E-state index contributed by atoms with van der Waals surface area (Å²) in [7, 11) is 0. The first kappa shape index (κ1) is 17.8. The highest BCUT2D eigenvalue weighted by Gasteiger charge is 2.14. The smallest absolute Gasteiger partial charge is 0.234 e. The van der Waals surface area contributed by atoms with Crippen molar-refractivity contribution in [3.8, 4) is 0 Å². The lowest BCUT2D eigenvalue weighted by molar-refractivity contribution is -0.113. The van der Waals surface area contributed by atoms with Crippen LogP contribution in [0.15, 0.2) is 53.7 Å². The van der Waals surface area contributed by atoms with Crippen molar-refractivity contribution < 1.29 is 9.18 Å². The van der Waals surface area contributed by atoms with E-state index in [1.165, 1.54) is 23.9 Å². The molecular formula is C19H14ClFN4OS. The van der Waals surface area contributed by atoms with E-state index in [1.807, 2.05) is 41.7 Å². The number of carbonyl (C=O) groups is 1. The van der Waals surface area contributed by atoms with E-state index >= 15 is 0 Å². The normalized spacial score (nSPS) is 11.2. The number of halogens is 2. The molecule has 0 atom stereocenters. The second-order valence-electron chi connectivity index (χ2n) is 5.98. The molecule has 2 aromatic carbocycles. The van der Waals surface area contributed by atoms with E-state index in [0.29, 0.717) is 10.8 Å². The van der Waals surface area contributed by atoms with E-state index in [1.54, 1.807) is 0 Å². The van der Waals surface area contributed by atoms with Gasteiger partial charge < -0.3 is 5.32 Å². The second-order valence-corrected chi connectivity index (χ2v) is 7.33. The molecule has 4 rings (SSSR count). The lowest BCUT2D eigenvalue weighted by atomic mass is 10.1. The molecule has 0 bridgehead atoms. The molecule has 1 N–H and O–H groups in total. The second kappa shape index (κ2) is 7.17. The summed E-state index contributed by atoms with van der Waals surface area (Å²) >= 11 is 7.22. The minimum absolute atomic E-state index is 0.122. The molecule has 0 aliphatic heterocycles. The Hall–Kier alpha value is -2.64. The Bertz CT molecular complexity index is 1180. The van der Waals surface area contributed by atoms with Crippen LogP contribution in [0.4, 0.5) is 10.1 Å². The molecule has 4 aromatic rings. The maximum Gasteiger partial charge on any atom is 0.234 e. The highest BCUT2D eigenvalue weighted by molar-refractivity contribution is 7.99. The van der Waals surface area contributed by atoms with Crippen molar-refractivity contribution in [2.24, 2.45) is 0 Å². The molecule has 0 fully saturated rings. The van der Waals surface area contributed by atoms with Crippen LogP contribution >= 0.6 is 23.4 Å². The fraction of sp³-hybridized carbons (Fsp3) is 0.105. The zero-order chi connectivity index (χ0) is 19.0. The van der Waals surface area contributed by atoms with Crippen LogP contribution in [0.3, 0.4) is 0 Å². The van der Waals surface area contributed by atoms with E-state index < -0.39 is 5.82 Å². The van der Waals surface area contributed by atoms with Gasteiger partial charge in [-0.3, -0.25) is 9.20 Å². The van der Waals surface area contributed by atoms with Crippen molar-refractivity contribution in [1.29, 1.82) is 0 Å². The molecule has 0 aliphatic rings. The van der Waals surface area contributed by atoms with Crippen LogP contribution in [-0.4, -0.2) is 26.3 Å². The van der Waals surface area contributed by atoms with E-state index in [9.17, 15) is 9.18 Å². The minimum Gasteiger partial charge on any atom is -0.324 e. The number of para-hydroxylation sites is 1. The minimum atomic E-state index is -0.454. The van der Waals surface area contributed by atoms with Gasteiger partial charge >= 0.3 is 0 Å². The topological polar surface area (TPSA) is 59.3 Å². The molecule has 0 radical (unpaired) electrons. The molecule has 5 nitrogen and oxygen atoms in total. The van der Waals surface area contributed by atoms with Crippen LogP contribution in [0, 0.1) is 12.7 Å². The molecule has 0 saturated heterocycles. The highest BCUT2D eigenvalue weighted by Crippen LogP contribution is 2.26. The molecule has 8 heteroatoms. The van der Waals surface area contributed by atoms with E-state index in [-0.39, 0.29) is 16.7 Å². The monoisotopic (exact) mass is 400 g/mol. The van der Waals surface area contributed by atoms with Crippen molar-refractivity contribution in [3.63, 3.8) is 0 Å². The van der Waals surface area contributed by atoms with Gasteiger partial charge in [0.15, 0.2) is 10.8 Å². The maximum atomic E-state index is 13.1. The van der Waals surface area contributed by atoms with Crippen molar-refractivity contribution in [3.05, 3.63) is 64.9 Å². The molecule has 0 saturated carbocycles. The summed E-state index contributed by atoms with van der Waals surface area (Å²) in [6.07, 6.45) is 0.